The van der Waals surface area contributed by atoms with E-state index in [4.69, 9.17) is 21.4 Å². The van der Waals surface area contributed by atoms with Gasteiger partial charge in [0.05, 0.1) is 11.2 Å². The van der Waals surface area contributed by atoms with E-state index in [9.17, 15) is 4.79 Å². The van der Waals surface area contributed by atoms with Crippen LogP contribution in [0, 0.1) is 0 Å². The Morgan fingerprint density at radius 2 is 2.00 bits per heavy atom. The number of nitrogens with zero attached hydrogens (tertiary/aromatic N) is 3. The van der Waals surface area contributed by atoms with Crippen LogP contribution < -0.4 is 4.74 Å². The molecule has 1 saturated heterocycles. The lowest BCUT2D eigenvalue weighted by Crippen LogP contribution is -2.35. The minimum absolute atomic E-state index is 0.219. The summed E-state index contributed by atoms with van der Waals surface area (Å²) in [6.45, 7) is 2.43. The number of carbonyl (C=O) groups is 1. The third-order valence-corrected chi connectivity index (χ3v) is 5.74. The average molecular weight is 414 g/mol. The molecule has 1 fully saturated rings. The fraction of sp³-hybridized carbons (Fsp3) is 0.364. The second kappa shape index (κ2) is 8.84. The van der Waals surface area contributed by atoms with Crippen LogP contribution in [0.15, 0.2) is 48.5 Å². The minimum Gasteiger partial charge on any atom is -0.492 e. The first-order chi connectivity index (χ1) is 14.1. The first-order valence-electron chi connectivity index (χ1n) is 9.94. The molecule has 1 aliphatic rings. The number of ether oxygens (including phenoxy) is 1. The molecule has 1 N–H and O–H groups in total. The molecule has 3 aromatic rings. The van der Waals surface area contributed by atoms with Crippen LogP contribution in [0.2, 0.25) is 5.15 Å². The van der Waals surface area contributed by atoms with Gasteiger partial charge in [-0.25, -0.2) is 4.68 Å². The van der Waals surface area contributed by atoms with Crippen molar-refractivity contribution in [3.63, 3.8) is 0 Å². The summed E-state index contributed by atoms with van der Waals surface area (Å²) in [5.74, 6) is 0.0706. The van der Waals surface area contributed by atoms with Gasteiger partial charge in [0.1, 0.15) is 17.5 Å². The van der Waals surface area contributed by atoms with E-state index in [1.165, 1.54) is 0 Å². The minimum atomic E-state index is -0.734. The highest BCUT2D eigenvalue weighted by Gasteiger charge is 2.24. The molecule has 0 saturated carbocycles. The Labute approximate surface area is 174 Å². The number of carboxylic acids is 1. The molecular formula is C22H24ClN3O3. The molecule has 0 amide bonds. The molecule has 7 heteroatoms. The highest BCUT2D eigenvalue weighted by atomic mass is 35.5. The third-order valence-electron chi connectivity index (χ3n) is 5.38. The standard InChI is InChI=1S/C22H24ClN3O3/c23-22-19-6-1-2-7-20(19)24-26(22)16-9-11-18(12-10-16)29-15-17-5-3-13-25(17)14-4-8-21(27)28/h1-2,6-7,9-12,17H,3-5,8,13-15H2,(H,27,28)/t17-/m1/s1. The second-order valence-corrected chi connectivity index (χ2v) is 7.71. The highest BCUT2D eigenvalue weighted by Crippen LogP contribution is 2.27. The van der Waals surface area contributed by atoms with Crippen molar-refractivity contribution in [2.75, 3.05) is 19.7 Å². The first-order valence-corrected chi connectivity index (χ1v) is 10.3. The summed E-state index contributed by atoms with van der Waals surface area (Å²) >= 11 is 6.48. The molecular weight excluding hydrogens is 390 g/mol. The molecule has 29 heavy (non-hydrogen) atoms. The van der Waals surface area contributed by atoms with E-state index in [0.29, 0.717) is 24.2 Å². The van der Waals surface area contributed by atoms with Gasteiger partial charge in [0.25, 0.3) is 0 Å². The molecule has 1 atom stereocenters. The van der Waals surface area contributed by atoms with Crippen LogP contribution in [0.25, 0.3) is 16.6 Å². The molecule has 0 bridgehead atoms. The van der Waals surface area contributed by atoms with Crippen LogP contribution >= 0.6 is 11.6 Å². The number of likely N-dealkylation sites (tertiary alicyclic amines) is 1. The molecule has 152 valence electrons. The zero-order valence-electron chi connectivity index (χ0n) is 16.1. The molecule has 1 aromatic heterocycles. The lowest BCUT2D eigenvalue weighted by Gasteiger charge is -2.24. The number of fused-ring (bicyclic) bond motifs is 1. The van der Waals surface area contributed by atoms with Gasteiger partial charge in [-0.1, -0.05) is 23.7 Å². The van der Waals surface area contributed by atoms with Crippen LogP contribution in [0.4, 0.5) is 0 Å². The quantitative estimate of drug-likeness (QED) is 0.593. The number of hydrogen-bond donors (Lipinski definition) is 1. The van der Waals surface area contributed by atoms with Crippen LogP contribution in [0.3, 0.4) is 0 Å². The Hall–Kier alpha value is -2.57. The number of rotatable bonds is 8. The van der Waals surface area contributed by atoms with E-state index in [0.717, 1.165) is 48.3 Å². The van der Waals surface area contributed by atoms with Gasteiger partial charge < -0.3 is 9.84 Å². The smallest absolute Gasteiger partial charge is 0.303 e. The fourth-order valence-corrected chi connectivity index (χ4v) is 4.15. The van der Waals surface area contributed by atoms with Gasteiger partial charge in [-0.15, -0.1) is 0 Å². The Bertz CT molecular complexity index is 987. The van der Waals surface area contributed by atoms with Gasteiger partial charge in [-0.05, 0) is 68.8 Å². The summed E-state index contributed by atoms with van der Waals surface area (Å²) in [5.41, 5.74) is 1.75. The lowest BCUT2D eigenvalue weighted by molar-refractivity contribution is -0.137. The zero-order valence-corrected chi connectivity index (χ0v) is 16.9. The maximum absolute atomic E-state index is 10.7. The van der Waals surface area contributed by atoms with Gasteiger partial charge in [0.15, 0.2) is 0 Å². The molecule has 6 nitrogen and oxygen atoms in total. The predicted molar refractivity (Wildman–Crippen MR) is 113 cm³/mol. The van der Waals surface area contributed by atoms with Crippen LogP contribution in [-0.4, -0.2) is 51.5 Å². The van der Waals surface area contributed by atoms with Crippen molar-refractivity contribution in [3.05, 3.63) is 53.7 Å². The Balaban J connectivity index is 1.37. The average Bonchev–Trinajstić information content (AvgIpc) is 3.31. The van der Waals surface area contributed by atoms with E-state index < -0.39 is 5.97 Å². The molecule has 4 rings (SSSR count). The van der Waals surface area contributed by atoms with Crippen molar-refractivity contribution in [1.82, 2.24) is 14.7 Å². The predicted octanol–water partition coefficient (Wildman–Crippen LogP) is 4.39. The Kier molecular flexibility index (Phi) is 6.02. The van der Waals surface area contributed by atoms with E-state index >= 15 is 0 Å². The van der Waals surface area contributed by atoms with Crippen LogP contribution in [0.5, 0.6) is 5.75 Å². The van der Waals surface area contributed by atoms with Crippen molar-refractivity contribution in [2.45, 2.75) is 31.7 Å². The van der Waals surface area contributed by atoms with Gasteiger partial charge in [-0.2, -0.15) is 5.10 Å². The number of carboxylic acid groups (broad SMARTS) is 1. The number of aromatic nitrogens is 2. The lowest BCUT2D eigenvalue weighted by atomic mass is 10.2. The van der Waals surface area contributed by atoms with Gasteiger partial charge in [0.2, 0.25) is 0 Å². The monoisotopic (exact) mass is 413 g/mol. The third kappa shape index (κ3) is 4.54. The molecule has 2 aromatic carbocycles. The van der Waals surface area contributed by atoms with Crippen molar-refractivity contribution >= 4 is 28.5 Å². The molecule has 1 aliphatic heterocycles. The number of halogens is 1. The first kappa shape index (κ1) is 19.7. The van der Waals surface area contributed by atoms with Crippen LogP contribution in [0.1, 0.15) is 25.7 Å². The topological polar surface area (TPSA) is 67.6 Å². The SMILES string of the molecule is O=C(O)CCCN1CCC[C@@H]1COc1ccc(-n2nc3ccccc3c2Cl)cc1. The van der Waals surface area contributed by atoms with Crippen molar-refractivity contribution in [2.24, 2.45) is 0 Å². The summed E-state index contributed by atoms with van der Waals surface area (Å²) in [6, 6.07) is 15.9. The summed E-state index contributed by atoms with van der Waals surface area (Å²) in [7, 11) is 0. The van der Waals surface area contributed by atoms with Gasteiger partial charge >= 0.3 is 5.97 Å². The number of hydrogen-bond acceptors (Lipinski definition) is 4. The molecule has 0 spiro atoms. The molecule has 0 aliphatic carbocycles. The zero-order chi connectivity index (χ0) is 20.2. The van der Waals surface area contributed by atoms with Crippen molar-refractivity contribution in [1.29, 1.82) is 0 Å². The maximum Gasteiger partial charge on any atom is 0.303 e. The summed E-state index contributed by atoms with van der Waals surface area (Å²) < 4.78 is 7.74. The van der Waals surface area contributed by atoms with Crippen LogP contribution in [-0.2, 0) is 4.79 Å². The van der Waals surface area contributed by atoms with Crippen molar-refractivity contribution in [3.8, 4) is 11.4 Å². The van der Waals surface area contributed by atoms with E-state index in [-0.39, 0.29) is 6.42 Å². The second-order valence-electron chi connectivity index (χ2n) is 7.35. The highest BCUT2D eigenvalue weighted by molar-refractivity contribution is 6.34. The normalized spacial score (nSPS) is 17.1. The fourth-order valence-electron chi connectivity index (χ4n) is 3.86. The van der Waals surface area contributed by atoms with E-state index in [2.05, 4.69) is 10.00 Å². The van der Waals surface area contributed by atoms with E-state index in [1.807, 2.05) is 48.5 Å². The largest absolute Gasteiger partial charge is 0.492 e. The Morgan fingerprint density at radius 3 is 2.76 bits per heavy atom. The molecule has 2 heterocycles. The number of aliphatic carboxylic acids is 1. The van der Waals surface area contributed by atoms with Crippen molar-refractivity contribution < 1.29 is 14.6 Å². The summed E-state index contributed by atoms with van der Waals surface area (Å²) in [6.07, 6.45) is 3.11. The number of benzene rings is 2. The van der Waals surface area contributed by atoms with Gasteiger partial charge in [0, 0.05) is 17.8 Å². The Morgan fingerprint density at radius 1 is 1.21 bits per heavy atom. The summed E-state index contributed by atoms with van der Waals surface area (Å²) in [4.78, 5) is 13.0. The van der Waals surface area contributed by atoms with Gasteiger partial charge in [-0.3, -0.25) is 9.69 Å². The molecule has 0 radical (unpaired) electrons. The molecule has 0 unspecified atom stereocenters. The summed E-state index contributed by atoms with van der Waals surface area (Å²) in [5, 5.41) is 14.9. The van der Waals surface area contributed by atoms with E-state index in [1.54, 1.807) is 4.68 Å². The maximum atomic E-state index is 10.7.